The third-order valence-corrected chi connectivity index (χ3v) is 3.24. The lowest BCUT2D eigenvalue weighted by Crippen LogP contribution is -2.30. The summed E-state index contributed by atoms with van der Waals surface area (Å²) < 4.78 is 0. The van der Waals surface area contributed by atoms with E-state index >= 15 is 0 Å². The molecule has 4 nitrogen and oxygen atoms in total. The van der Waals surface area contributed by atoms with E-state index in [1.54, 1.807) is 12.1 Å². The molecule has 0 atom stereocenters. The first kappa shape index (κ1) is 10.3. The Morgan fingerprint density at radius 3 is 2.82 bits per heavy atom. The molecular weight excluding hydrogens is 216 g/mol. The number of para-hydroxylation sites is 1. The van der Waals surface area contributed by atoms with Crippen molar-refractivity contribution in [2.24, 2.45) is 10.9 Å². The van der Waals surface area contributed by atoms with Crippen LogP contribution in [0.25, 0.3) is 0 Å². The Morgan fingerprint density at radius 2 is 2.12 bits per heavy atom. The maximum Gasteiger partial charge on any atom is 0.337 e. The number of amidine groups is 1. The second-order valence-electron chi connectivity index (χ2n) is 4.49. The first-order valence-electron chi connectivity index (χ1n) is 5.91. The smallest absolute Gasteiger partial charge is 0.337 e. The molecule has 2 aliphatic rings. The van der Waals surface area contributed by atoms with Crippen LogP contribution in [-0.2, 0) is 0 Å². The molecule has 0 aromatic heterocycles. The molecule has 1 N–H and O–H groups in total. The van der Waals surface area contributed by atoms with E-state index < -0.39 is 5.97 Å². The van der Waals surface area contributed by atoms with E-state index in [2.05, 4.69) is 9.89 Å². The summed E-state index contributed by atoms with van der Waals surface area (Å²) in [7, 11) is 0. The number of carboxylic acid groups (broad SMARTS) is 1. The molecule has 4 heteroatoms. The van der Waals surface area contributed by atoms with E-state index in [1.807, 2.05) is 12.1 Å². The fraction of sp³-hybridized carbons (Fsp3) is 0.385. The van der Waals surface area contributed by atoms with E-state index in [1.165, 1.54) is 12.8 Å². The van der Waals surface area contributed by atoms with Gasteiger partial charge in [-0.1, -0.05) is 12.1 Å². The summed E-state index contributed by atoms with van der Waals surface area (Å²) in [6.45, 7) is 1.58. The molecule has 0 saturated heterocycles. The topological polar surface area (TPSA) is 52.9 Å². The highest BCUT2D eigenvalue weighted by Gasteiger charge is 2.35. The van der Waals surface area contributed by atoms with Gasteiger partial charge in [0.2, 0.25) is 0 Å². The highest BCUT2D eigenvalue weighted by atomic mass is 16.4. The van der Waals surface area contributed by atoms with Gasteiger partial charge in [0.05, 0.1) is 17.8 Å². The van der Waals surface area contributed by atoms with Crippen molar-refractivity contribution in [3.05, 3.63) is 29.8 Å². The highest BCUT2D eigenvalue weighted by Crippen LogP contribution is 2.36. The number of benzene rings is 1. The van der Waals surface area contributed by atoms with Crippen LogP contribution < -0.4 is 4.90 Å². The summed E-state index contributed by atoms with van der Waals surface area (Å²) in [6.07, 6.45) is 2.37. The first-order chi connectivity index (χ1) is 8.27. The number of aromatic carboxylic acids is 1. The van der Waals surface area contributed by atoms with E-state index in [0.29, 0.717) is 11.5 Å². The summed E-state index contributed by atoms with van der Waals surface area (Å²) in [6, 6.07) is 7.16. The number of hydrogen-bond donors (Lipinski definition) is 1. The van der Waals surface area contributed by atoms with Crippen molar-refractivity contribution in [2.75, 3.05) is 18.0 Å². The van der Waals surface area contributed by atoms with E-state index in [4.69, 9.17) is 0 Å². The van der Waals surface area contributed by atoms with Crippen LogP contribution in [0.2, 0.25) is 0 Å². The van der Waals surface area contributed by atoms with E-state index in [0.717, 1.165) is 24.6 Å². The van der Waals surface area contributed by atoms with Crippen LogP contribution in [0.4, 0.5) is 5.69 Å². The molecule has 0 bridgehead atoms. The molecular formula is C13H14N2O2. The van der Waals surface area contributed by atoms with Crippen LogP contribution in [-0.4, -0.2) is 30.0 Å². The molecule has 1 fully saturated rings. The lowest BCUT2D eigenvalue weighted by atomic mass is 10.1. The van der Waals surface area contributed by atoms with Crippen LogP contribution in [0.5, 0.6) is 0 Å². The van der Waals surface area contributed by atoms with Gasteiger partial charge in [-0.15, -0.1) is 0 Å². The summed E-state index contributed by atoms with van der Waals surface area (Å²) in [4.78, 5) is 17.8. The van der Waals surface area contributed by atoms with E-state index in [-0.39, 0.29) is 0 Å². The predicted octanol–water partition coefficient (Wildman–Crippen LogP) is 2.01. The molecule has 1 aromatic rings. The molecule has 1 aliphatic heterocycles. The van der Waals surface area contributed by atoms with Crippen molar-refractivity contribution < 1.29 is 9.90 Å². The lowest BCUT2D eigenvalue weighted by Gasteiger charge is -2.22. The van der Waals surface area contributed by atoms with Gasteiger partial charge < -0.3 is 10.0 Å². The van der Waals surface area contributed by atoms with Gasteiger partial charge in [0, 0.05) is 12.5 Å². The minimum Gasteiger partial charge on any atom is -0.478 e. The average molecular weight is 230 g/mol. The number of carbonyl (C=O) groups is 1. The quantitative estimate of drug-likeness (QED) is 0.864. The van der Waals surface area contributed by atoms with Gasteiger partial charge in [-0.3, -0.25) is 4.99 Å². The fourth-order valence-electron chi connectivity index (χ4n) is 2.29. The maximum absolute atomic E-state index is 11.2. The first-order valence-corrected chi connectivity index (χ1v) is 5.91. The third-order valence-electron chi connectivity index (χ3n) is 3.24. The average Bonchev–Trinajstić information content (AvgIpc) is 3.07. The number of nitrogens with zero attached hydrogens (tertiary/aromatic N) is 2. The molecule has 0 unspecified atom stereocenters. The van der Waals surface area contributed by atoms with Gasteiger partial charge >= 0.3 is 5.97 Å². The molecule has 0 spiro atoms. The Morgan fingerprint density at radius 1 is 1.35 bits per heavy atom. The number of aliphatic imine (C=N–C) groups is 1. The molecule has 3 rings (SSSR count). The molecule has 1 aromatic carbocycles. The van der Waals surface area contributed by atoms with Gasteiger partial charge in [0.15, 0.2) is 0 Å². The third kappa shape index (κ3) is 1.79. The lowest BCUT2D eigenvalue weighted by molar-refractivity contribution is 0.0697. The van der Waals surface area contributed by atoms with Crippen molar-refractivity contribution >= 4 is 17.5 Å². The largest absolute Gasteiger partial charge is 0.478 e. The molecule has 1 heterocycles. The van der Waals surface area contributed by atoms with Crippen LogP contribution >= 0.6 is 0 Å². The Labute approximate surface area is 99.6 Å². The van der Waals surface area contributed by atoms with Gasteiger partial charge in [-0.2, -0.15) is 0 Å². The standard InChI is InChI=1S/C13H14N2O2/c16-13(17)10-3-1-2-4-11(10)15-8-7-14-12(15)9-5-6-9/h1-4,9H,5-8H2,(H,16,17). The number of anilines is 1. The zero-order chi connectivity index (χ0) is 11.8. The van der Waals surface area contributed by atoms with Gasteiger partial charge in [0.25, 0.3) is 0 Å². The zero-order valence-corrected chi connectivity index (χ0v) is 9.47. The summed E-state index contributed by atoms with van der Waals surface area (Å²) in [5.74, 6) is 0.765. The minimum absolute atomic E-state index is 0.364. The van der Waals surface area contributed by atoms with Crippen molar-refractivity contribution in [2.45, 2.75) is 12.8 Å². The zero-order valence-electron chi connectivity index (χ0n) is 9.47. The molecule has 88 valence electrons. The molecule has 0 amide bonds. The SMILES string of the molecule is O=C(O)c1ccccc1N1CCN=C1C1CC1. The molecule has 1 saturated carbocycles. The number of carboxylic acids is 1. The minimum atomic E-state index is -0.873. The van der Waals surface area contributed by atoms with Crippen LogP contribution in [0.15, 0.2) is 29.3 Å². The van der Waals surface area contributed by atoms with Crippen LogP contribution in [0.1, 0.15) is 23.2 Å². The van der Waals surface area contributed by atoms with Crippen LogP contribution in [0, 0.1) is 5.92 Å². The molecule has 1 aliphatic carbocycles. The summed E-state index contributed by atoms with van der Waals surface area (Å²) >= 11 is 0. The normalized spacial score (nSPS) is 19.3. The highest BCUT2D eigenvalue weighted by molar-refractivity contribution is 6.06. The van der Waals surface area contributed by atoms with E-state index in [9.17, 15) is 9.90 Å². The number of rotatable bonds is 3. The van der Waals surface area contributed by atoms with Gasteiger partial charge in [-0.25, -0.2) is 4.79 Å². The summed E-state index contributed by atoms with van der Waals surface area (Å²) in [5, 5.41) is 9.20. The van der Waals surface area contributed by atoms with Crippen LogP contribution in [0.3, 0.4) is 0 Å². The fourth-order valence-corrected chi connectivity index (χ4v) is 2.29. The Bertz CT molecular complexity index is 492. The summed E-state index contributed by atoms with van der Waals surface area (Å²) in [5.41, 5.74) is 1.14. The van der Waals surface area contributed by atoms with Crippen molar-refractivity contribution in [3.8, 4) is 0 Å². The molecule has 0 radical (unpaired) electrons. The predicted molar refractivity (Wildman–Crippen MR) is 65.8 cm³/mol. The van der Waals surface area contributed by atoms with Gasteiger partial charge in [-0.05, 0) is 25.0 Å². The Kier molecular flexibility index (Phi) is 2.35. The maximum atomic E-state index is 11.2. The van der Waals surface area contributed by atoms with Crippen molar-refractivity contribution in [3.63, 3.8) is 0 Å². The monoisotopic (exact) mass is 230 g/mol. The number of hydrogen-bond acceptors (Lipinski definition) is 3. The van der Waals surface area contributed by atoms with Crippen molar-refractivity contribution in [1.29, 1.82) is 0 Å². The second kappa shape index (κ2) is 3.87. The molecule has 17 heavy (non-hydrogen) atoms. The van der Waals surface area contributed by atoms with Gasteiger partial charge in [0.1, 0.15) is 5.84 Å². The Balaban J connectivity index is 1.98. The van der Waals surface area contributed by atoms with Crippen molar-refractivity contribution in [1.82, 2.24) is 0 Å². The Hall–Kier alpha value is -1.84. The second-order valence-corrected chi connectivity index (χ2v) is 4.49.